The summed E-state index contributed by atoms with van der Waals surface area (Å²) in [6, 6.07) is 6.16. The van der Waals surface area contributed by atoms with Crippen LogP contribution in [0.5, 0.6) is 0 Å². The first-order valence-electron chi connectivity index (χ1n) is 5.58. The van der Waals surface area contributed by atoms with Gasteiger partial charge >= 0.3 is 0 Å². The molecule has 4 nitrogen and oxygen atoms in total. The van der Waals surface area contributed by atoms with Gasteiger partial charge in [0.05, 0.1) is 5.56 Å². The van der Waals surface area contributed by atoms with Crippen LogP contribution in [0.4, 0.5) is 10.2 Å². The van der Waals surface area contributed by atoms with Crippen molar-refractivity contribution in [2.75, 3.05) is 5.32 Å². The summed E-state index contributed by atoms with van der Waals surface area (Å²) in [5.74, 6) is 0.487. The lowest BCUT2D eigenvalue weighted by atomic mass is 10.2. The molecule has 1 aromatic carbocycles. The molecule has 0 unspecified atom stereocenters. The molecule has 0 amide bonds. The molecule has 6 heteroatoms. The van der Waals surface area contributed by atoms with E-state index in [4.69, 9.17) is 11.6 Å². The Morgan fingerprint density at radius 2 is 2.21 bits per heavy atom. The second kappa shape index (κ2) is 5.75. The van der Waals surface area contributed by atoms with Crippen molar-refractivity contribution >= 4 is 23.7 Å². The lowest BCUT2D eigenvalue weighted by molar-refractivity contribution is 0.112. The number of aldehydes is 1. The number of hydrogen-bond donors (Lipinski definition) is 1. The number of carbonyl (C=O) groups is 1. The number of benzene rings is 1. The van der Waals surface area contributed by atoms with Crippen LogP contribution in [-0.2, 0) is 6.54 Å². The number of aryl methyl sites for hydroxylation is 1. The van der Waals surface area contributed by atoms with E-state index in [0.717, 1.165) is 5.56 Å². The zero-order valence-electron chi connectivity index (χ0n) is 10.2. The van der Waals surface area contributed by atoms with Crippen molar-refractivity contribution < 1.29 is 9.18 Å². The minimum absolute atomic E-state index is 0.101. The smallest absolute Gasteiger partial charge is 0.156 e. The number of aromatic nitrogens is 2. The van der Waals surface area contributed by atoms with Crippen molar-refractivity contribution in [1.29, 1.82) is 0 Å². The minimum Gasteiger partial charge on any atom is -0.365 e. The van der Waals surface area contributed by atoms with Crippen LogP contribution in [0.1, 0.15) is 21.7 Å². The van der Waals surface area contributed by atoms with E-state index < -0.39 is 0 Å². The van der Waals surface area contributed by atoms with E-state index in [9.17, 15) is 9.18 Å². The summed E-state index contributed by atoms with van der Waals surface area (Å²) in [5.41, 5.74) is 0.938. The van der Waals surface area contributed by atoms with Crippen molar-refractivity contribution in [2.24, 2.45) is 0 Å². The minimum atomic E-state index is -0.313. The highest BCUT2D eigenvalue weighted by Crippen LogP contribution is 2.19. The molecule has 0 aliphatic heterocycles. The van der Waals surface area contributed by atoms with Crippen LogP contribution >= 0.6 is 11.6 Å². The Balaban J connectivity index is 2.22. The lowest BCUT2D eigenvalue weighted by Gasteiger charge is -2.09. The zero-order valence-corrected chi connectivity index (χ0v) is 10.9. The molecule has 1 N–H and O–H groups in total. The van der Waals surface area contributed by atoms with Crippen molar-refractivity contribution in [3.05, 3.63) is 52.2 Å². The molecule has 0 bridgehead atoms. The molecule has 0 saturated heterocycles. The van der Waals surface area contributed by atoms with Gasteiger partial charge in [0, 0.05) is 6.54 Å². The Hall–Kier alpha value is -2.01. The van der Waals surface area contributed by atoms with Crippen LogP contribution in [0.25, 0.3) is 0 Å². The van der Waals surface area contributed by atoms with Gasteiger partial charge in [0.1, 0.15) is 22.6 Å². The van der Waals surface area contributed by atoms with Gasteiger partial charge in [0.15, 0.2) is 6.29 Å². The van der Waals surface area contributed by atoms with Crippen LogP contribution in [0.2, 0.25) is 5.15 Å². The molecule has 98 valence electrons. The second-order valence-corrected chi connectivity index (χ2v) is 4.28. The molecule has 0 saturated carbocycles. The van der Waals surface area contributed by atoms with Crippen LogP contribution in [-0.4, -0.2) is 16.3 Å². The van der Waals surface area contributed by atoms with Crippen molar-refractivity contribution in [3.63, 3.8) is 0 Å². The Morgan fingerprint density at radius 1 is 1.42 bits per heavy atom. The van der Waals surface area contributed by atoms with E-state index in [-0.39, 0.29) is 16.5 Å². The van der Waals surface area contributed by atoms with Gasteiger partial charge in [-0.2, -0.15) is 0 Å². The summed E-state index contributed by atoms with van der Waals surface area (Å²) < 4.78 is 13.0. The SMILES string of the molecule is Cc1nc(Cl)c(C=O)c(NCc2cccc(F)c2)n1. The number of nitrogens with one attached hydrogen (secondary N) is 1. The lowest BCUT2D eigenvalue weighted by Crippen LogP contribution is -2.07. The summed E-state index contributed by atoms with van der Waals surface area (Å²) in [6.07, 6.45) is 0.593. The number of anilines is 1. The normalized spacial score (nSPS) is 10.3. The molecule has 1 aromatic heterocycles. The molecule has 2 rings (SSSR count). The van der Waals surface area contributed by atoms with Crippen LogP contribution in [0, 0.1) is 12.7 Å². The monoisotopic (exact) mass is 279 g/mol. The maximum Gasteiger partial charge on any atom is 0.156 e. The fourth-order valence-electron chi connectivity index (χ4n) is 1.62. The van der Waals surface area contributed by atoms with Gasteiger partial charge in [-0.25, -0.2) is 14.4 Å². The van der Waals surface area contributed by atoms with Gasteiger partial charge < -0.3 is 5.32 Å². The molecule has 0 spiro atoms. The highest BCUT2D eigenvalue weighted by Gasteiger charge is 2.10. The van der Waals surface area contributed by atoms with Gasteiger partial charge in [-0.05, 0) is 24.6 Å². The Kier molecular flexibility index (Phi) is 4.06. The fraction of sp³-hybridized carbons (Fsp3) is 0.154. The number of nitrogens with zero attached hydrogens (tertiary/aromatic N) is 2. The summed E-state index contributed by atoms with van der Waals surface area (Å²) in [4.78, 5) is 19.0. The highest BCUT2D eigenvalue weighted by atomic mass is 35.5. The molecule has 0 fully saturated rings. The second-order valence-electron chi connectivity index (χ2n) is 3.93. The Labute approximate surface area is 114 Å². The van der Waals surface area contributed by atoms with Crippen molar-refractivity contribution in [3.8, 4) is 0 Å². The Bertz CT molecular complexity index is 619. The third-order valence-electron chi connectivity index (χ3n) is 2.48. The molecule has 0 atom stereocenters. The maximum atomic E-state index is 13.0. The van der Waals surface area contributed by atoms with Crippen molar-refractivity contribution in [1.82, 2.24) is 9.97 Å². The van der Waals surface area contributed by atoms with Crippen LogP contribution in [0.15, 0.2) is 24.3 Å². The summed E-state index contributed by atoms with van der Waals surface area (Å²) in [6.45, 7) is 2.01. The van der Waals surface area contributed by atoms with Gasteiger partial charge in [-0.3, -0.25) is 4.79 Å². The first kappa shape index (κ1) is 13.4. The topological polar surface area (TPSA) is 54.9 Å². The van der Waals surface area contributed by atoms with E-state index in [0.29, 0.717) is 24.5 Å². The third kappa shape index (κ3) is 3.26. The molecular formula is C13H11ClFN3O. The summed E-state index contributed by atoms with van der Waals surface area (Å²) >= 11 is 5.86. The molecule has 0 aliphatic rings. The molecule has 1 heterocycles. The number of carbonyl (C=O) groups excluding carboxylic acids is 1. The van der Waals surface area contributed by atoms with Crippen LogP contribution in [0.3, 0.4) is 0 Å². The standard InChI is InChI=1S/C13H11ClFN3O/c1-8-17-12(14)11(7-19)13(18-8)16-6-9-3-2-4-10(15)5-9/h2-5,7H,6H2,1H3,(H,16,17,18). The highest BCUT2D eigenvalue weighted by molar-refractivity contribution is 6.32. The predicted octanol–water partition coefficient (Wildman–Crippen LogP) is 3.00. The van der Waals surface area contributed by atoms with Gasteiger partial charge in [0.25, 0.3) is 0 Å². The number of halogens is 2. The van der Waals surface area contributed by atoms with Gasteiger partial charge in [-0.1, -0.05) is 23.7 Å². The maximum absolute atomic E-state index is 13.0. The van der Waals surface area contributed by atoms with E-state index in [1.807, 2.05) is 0 Å². The Morgan fingerprint density at radius 3 is 2.89 bits per heavy atom. The molecular weight excluding hydrogens is 269 g/mol. The van der Waals surface area contributed by atoms with Crippen molar-refractivity contribution in [2.45, 2.75) is 13.5 Å². The molecule has 0 radical (unpaired) electrons. The average molecular weight is 280 g/mol. The summed E-state index contributed by atoms with van der Waals surface area (Å²) in [5, 5.41) is 3.06. The zero-order chi connectivity index (χ0) is 13.8. The van der Waals surface area contributed by atoms with E-state index in [2.05, 4.69) is 15.3 Å². The first-order chi connectivity index (χ1) is 9.10. The quantitative estimate of drug-likeness (QED) is 0.690. The predicted molar refractivity (Wildman–Crippen MR) is 70.9 cm³/mol. The van der Waals surface area contributed by atoms with Gasteiger partial charge in [-0.15, -0.1) is 0 Å². The molecule has 2 aromatic rings. The third-order valence-corrected chi connectivity index (χ3v) is 2.77. The largest absolute Gasteiger partial charge is 0.365 e. The van der Waals surface area contributed by atoms with E-state index >= 15 is 0 Å². The van der Waals surface area contributed by atoms with E-state index in [1.54, 1.807) is 19.1 Å². The number of hydrogen-bond acceptors (Lipinski definition) is 4. The molecule has 0 aliphatic carbocycles. The average Bonchev–Trinajstić information content (AvgIpc) is 2.36. The first-order valence-corrected chi connectivity index (χ1v) is 5.95. The van der Waals surface area contributed by atoms with Gasteiger partial charge in [0.2, 0.25) is 0 Å². The fourth-order valence-corrected chi connectivity index (χ4v) is 1.88. The van der Waals surface area contributed by atoms with E-state index in [1.165, 1.54) is 12.1 Å². The van der Waals surface area contributed by atoms with Crippen LogP contribution < -0.4 is 5.32 Å². The summed E-state index contributed by atoms with van der Waals surface area (Å²) in [7, 11) is 0. The molecule has 19 heavy (non-hydrogen) atoms. The number of rotatable bonds is 4.